The third kappa shape index (κ3) is 2.31. The second-order valence-electron chi connectivity index (χ2n) is 4.90. The van der Waals surface area contributed by atoms with Crippen LogP contribution in [0, 0.1) is 11.3 Å². The minimum absolute atomic E-state index is 0.457. The second kappa shape index (κ2) is 2.84. The minimum Gasteiger partial charge on any atom is -0.383 e. The van der Waals surface area contributed by atoms with Crippen LogP contribution >= 0.6 is 0 Å². The predicted octanol–water partition coefficient (Wildman–Crippen LogP) is 1.76. The number of carbonyl (C=O) groups is 1. The summed E-state index contributed by atoms with van der Waals surface area (Å²) in [6, 6.07) is 0. The molecule has 0 radical (unpaired) electrons. The van der Waals surface area contributed by atoms with Gasteiger partial charge in [-0.3, -0.25) is 0 Å². The van der Waals surface area contributed by atoms with E-state index in [1.54, 1.807) is 6.92 Å². The molecular weight excluding hydrogens is 152 g/mol. The Morgan fingerprint density at radius 1 is 1.67 bits per heavy atom. The van der Waals surface area contributed by atoms with E-state index in [4.69, 9.17) is 0 Å². The molecule has 1 fully saturated rings. The number of hydrogen-bond donors (Lipinski definition) is 1. The Kier molecular flexibility index (Phi) is 2.30. The van der Waals surface area contributed by atoms with E-state index in [1.807, 2.05) is 0 Å². The highest BCUT2D eigenvalue weighted by atomic mass is 16.3. The van der Waals surface area contributed by atoms with Gasteiger partial charge in [-0.2, -0.15) is 0 Å². The number of rotatable bonds is 4. The van der Waals surface area contributed by atoms with Crippen molar-refractivity contribution in [3.05, 3.63) is 0 Å². The van der Waals surface area contributed by atoms with Crippen molar-refractivity contribution in [2.45, 2.75) is 45.6 Å². The number of aliphatic hydroxyl groups is 1. The zero-order chi connectivity index (χ0) is 9.41. The van der Waals surface area contributed by atoms with Crippen molar-refractivity contribution in [3.8, 4) is 0 Å². The summed E-state index contributed by atoms with van der Waals surface area (Å²) < 4.78 is 0. The molecule has 1 rings (SSSR count). The molecule has 0 heterocycles. The maximum atomic E-state index is 10.4. The van der Waals surface area contributed by atoms with Crippen LogP contribution in [0.25, 0.3) is 0 Å². The summed E-state index contributed by atoms with van der Waals surface area (Å²) in [4.78, 5) is 10.4. The SMILES string of the molecule is CC1(C)CC1CC[C@@](C)(O)C=O. The Bertz CT molecular complexity index is 182. The first-order chi connectivity index (χ1) is 5.37. The lowest BCUT2D eigenvalue weighted by Gasteiger charge is -2.15. The van der Waals surface area contributed by atoms with Crippen molar-refractivity contribution in [2.24, 2.45) is 11.3 Å². The van der Waals surface area contributed by atoms with Gasteiger partial charge < -0.3 is 9.90 Å². The third-order valence-corrected chi connectivity index (χ3v) is 2.97. The van der Waals surface area contributed by atoms with Crippen LogP contribution < -0.4 is 0 Å². The highest BCUT2D eigenvalue weighted by molar-refractivity contribution is 5.60. The largest absolute Gasteiger partial charge is 0.383 e. The molecule has 1 N–H and O–H groups in total. The molecule has 70 valence electrons. The summed E-state index contributed by atoms with van der Waals surface area (Å²) in [5.74, 6) is 0.712. The molecule has 12 heavy (non-hydrogen) atoms. The summed E-state index contributed by atoms with van der Waals surface area (Å²) in [5, 5.41) is 9.40. The van der Waals surface area contributed by atoms with Crippen LogP contribution in [-0.4, -0.2) is 17.0 Å². The molecule has 1 unspecified atom stereocenters. The third-order valence-electron chi connectivity index (χ3n) is 2.97. The zero-order valence-electron chi connectivity index (χ0n) is 8.13. The van der Waals surface area contributed by atoms with Gasteiger partial charge in [0, 0.05) is 0 Å². The molecule has 0 spiro atoms. The molecule has 0 aromatic carbocycles. The fourth-order valence-corrected chi connectivity index (χ4v) is 1.59. The van der Waals surface area contributed by atoms with Crippen molar-refractivity contribution in [1.82, 2.24) is 0 Å². The van der Waals surface area contributed by atoms with Crippen LogP contribution in [0.5, 0.6) is 0 Å². The van der Waals surface area contributed by atoms with Gasteiger partial charge in [0.15, 0.2) is 6.29 Å². The van der Waals surface area contributed by atoms with E-state index in [1.165, 1.54) is 6.42 Å². The van der Waals surface area contributed by atoms with Crippen LogP contribution in [0.15, 0.2) is 0 Å². The van der Waals surface area contributed by atoms with Gasteiger partial charge in [0.2, 0.25) is 0 Å². The summed E-state index contributed by atoms with van der Waals surface area (Å²) in [5.41, 5.74) is -0.641. The molecule has 0 aromatic heterocycles. The average Bonchev–Trinajstić information content (AvgIpc) is 2.56. The summed E-state index contributed by atoms with van der Waals surface area (Å²) in [7, 11) is 0. The maximum Gasteiger partial charge on any atom is 0.151 e. The molecule has 0 bridgehead atoms. The normalized spacial score (nSPS) is 30.8. The van der Waals surface area contributed by atoms with E-state index in [2.05, 4.69) is 13.8 Å². The lowest BCUT2D eigenvalue weighted by molar-refractivity contribution is -0.123. The first-order valence-corrected chi connectivity index (χ1v) is 4.56. The molecule has 1 aliphatic carbocycles. The van der Waals surface area contributed by atoms with E-state index in [9.17, 15) is 9.90 Å². The van der Waals surface area contributed by atoms with Gasteiger partial charge in [-0.15, -0.1) is 0 Å². The van der Waals surface area contributed by atoms with Crippen LogP contribution in [-0.2, 0) is 4.79 Å². The minimum atomic E-state index is -1.10. The summed E-state index contributed by atoms with van der Waals surface area (Å²) in [6.07, 6.45) is 3.45. The highest BCUT2D eigenvalue weighted by Gasteiger charge is 2.45. The number of carbonyl (C=O) groups excluding carboxylic acids is 1. The molecule has 2 heteroatoms. The quantitative estimate of drug-likeness (QED) is 0.653. The molecule has 0 aromatic rings. The topological polar surface area (TPSA) is 37.3 Å². The lowest BCUT2D eigenvalue weighted by atomic mass is 9.97. The van der Waals surface area contributed by atoms with Crippen molar-refractivity contribution in [1.29, 1.82) is 0 Å². The average molecular weight is 170 g/mol. The van der Waals surface area contributed by atoms with E-state index in [0.29, 0.717) is 24.0 Å². The number of aldehydes is 1. The number of hydrogen-bond acceptors (Lipinski definition) is 2. The summed E-state index contributed by atoms with van der Waals surface area (Å²) in [6.45, 7) is 6.04. The van der Waals surface area contributed by atoms with Crippen molar-refractivity contribution in [2.75, 3.05) is 0 Å². The van der Waals surface area contributed by atoms with Crippen molar-refractivity contribution in [3.63, 3.8) is 0 Å². The van der Waals surface area contributed by atoms with Gasteiger partial charge in [-0.25, -0.2) is 0 Å². The monoisotopic (exact) mass is 170 g/mol. The molecule has 2 nitrogen and oxygen atoms in total. The van der Waals surface area contributed by atoms with Crippen LogP contribution in [0.1, 0.15) is 40.0 Å². The van der Waals surface area contributed by atoms with Gasteiger partial charge in [-0.1, -0.05) is 13.8 Å². The highest BCUT2D eigenvalue weighted by Crippen LogP contribution is 2.54. The lowest BCUT2D eigenvalue weighted by Crippen LogP contribution is -2.25. The van der Waals surface area contributed by atoms with Gasteiger partial charge >= 0.3 is 0 Å². The maximum absolute atomic E-state index is 10.4. The fourth-order valence-electron chi connectivity index (χ4n) is 1.59. The smallest absolute Gasteiger partial charge is 0.151 e. The van der Waals surface area contributed by atoms with E-state index in [0.717, 1.165) is 6.42 Å². The second-order valence-corrected chi connectivity index (χ2v) is 4.90. The van der Waals surface area contributed by atoms with Gasteiger partial charge in [-0.05, 0) is 37.5 Å². The molecular formula is C10H18O2. The molecule has 0 saturated heterocycles. The van der Waals surface area contributed by atoms with Crippen LogP contribution in [0.3, 0.4) is 0 Å². The Hall–Kier alpha value is -0.370. The molecule has 2 atom stereocenters. The summed E-state index contributed by atoms with van der Waals surface area (Å²) >= 11 is 0. The van der Waals surface area contributed by atoms with Gasteiger partial charge in [0.25, 0.3) is 0 Å². The first-order valence-electron chi connectivity index (χ1n) is 4.56. The van der Waals surface area contributed by atoms with E-state index < -0.39 is 5.60 Å². The zero-order valence-corrected chi connectivity index (χ0v) is 8.13. The van der Waals surface area contributed by atoms with E-state index >= 15 is 0 Å². The van der Waals surface area contributed by atoms with E-state index in [-0.39, 0.29) is 0 Å². The van der Waals surface area contributed by atoms with Crippen LogP contribution in [0.2, 0.25) is 0 Å². The molecule has 1 saturated carbocycles. The van der Waals surface area contributed by atoms with Crippen molar-refractivity contribution < 1.29 is 9.90 Å². The Labute approximate surface area is 74.0 Å². The molecule has 0 aliphatic heterocycles. The Morgan fingerprint density at radius 2 is 2.17 bits per heavy atom. The van der Waals surface area contributed by atoms with Gasteiger partial charge in [0.05, 0.1) is 0 Å². The van der Waals surface area contributed by atoms with Crippen molar-refractivity contribution >= 4 is 6.29 Å². The predicted molar refractivity (Wildman–Crippen MR) is 47.8 cm³/mol. The van der Waals surface area contributed by atoms with Gasteiger partial charge in [0.1, 0.15) is 5.60 Å². The Morgan fingerprint density at radius 3 is 2.50 bits per heavy atom. The molecule has 0 amide bonds. The van der Waals surface area contributed by atoms with Crippen LogP contribution in [0.4, 0.5) is 0 Å². The Balaban J connectivity index is 2.24. The molecule has 1 aliphatic rings. The standard InChI is InChI=1S/C10H18O2/c1-9(2)6-8(9)4-5-10(3,12)7-11/h7-8,12H,4-6H2,1-3H3/t8?,10-/m1/s1. The fraction of sp³-hybridized carbons (Fsp3) is 0.900. The first kappa shape index (κ1) is 9.72.